The third-order valence-electron chi connectivity index (χ3n) is 1.59. The van der Waals surface area contributed by atoms with E-state index >= 15 is 0 Å². The average molecular weight is 277 g/mol. The highest BCUT2D eigenvalue weighted by Crippen LogP contribution is 2.41. The van der Waals surface area contributed by atoms with Crippen molar-refractivity contribution in [1.29, 1.82) is 0 Å². The van der Waals surface area contributed by atoms with Crippen molar-refractivity contribution in [2.75, 3.05) is 6.61 Å². The first-order chi connectivity index (χ1) is 6.20. The van der Waals surface area contributed by atoms with Gasteiger partial charge in [0.15, 0.2) is 0 Å². The molecule has 0 radical (unpaired) electrons. The Labute approximate surface area is 88.9 Å². The fourth-order valence-corrected chi connectivity index (χ4v) is 0.910. The van der Waals surface area contributed by atoms with Crippen LogP contribution < -0.4 is 0 Å². The molecule has 0 aromatic rings. The fraction of sp³-hybridized carbons (Fsp3) is 0.875. The lowest BCUT2D eigenvalue weighted by Crippen LogP contribution is -2.36. The third kappa shape index (κ3) is 4.30. The van der Waals surface area contributed by atoms with Gasteiger partial charge in [0.05, 0.1) is 6.61 Å². The molecule has 0 aromatic carbocycles. The van der Waals surface area contributed by atoms with Crippen LogP contribution in [0.4, 0.5) is 13.2 Å². The van der Waals surface area contributed by atoms with E-state index in [0.717, 1.165) is 0 Å². The minimum atomic E-state index is -3.53. The lowest BCUT2D eigenvalue weighted by Gasteiger charge is -2.24. The third-order valence-corrected chi connectivity index (χ3v) is 2.68. The summed E-state index contributed by atoms with van der Waals surface area (Å²) in [6.07, 6.45) is -0.992. The molecule has 0 rings (SSSR count). The molecule has 6 heteroatoms. The summed E-state index contributed by atoms with van der Waals surface area (Å²) in [5, 5.41) is 0. The summed E-state index contributed by atoms with van der Waals surface area (Å²) >= 11 is 2.26. The molecule has 0 fully saturated rings. The normalized spacial score (nSPS) is 16.1. The van der Waals surface area contributed by atoms with Gasteiger partial charge in [-0.05, 0) is 22.9 Å². The van der Waals surface area contributed by atoms with Gasteiger partial charge in [0.1, 0.15) is 0 Å². The first-order valence-electron chi connectivity index (χ1n) is 4.12. The molecule has 0 N–H and O–H groups in total. The van der Waals surface area contributed by atoms with Crippen molar-refractivity contribution in [2.45, 2.75) is 37.2 Å². The van der Waals surface area contributed by atoms with E-state index in [0.29, 0.717) is 6.92 Å². The van der Waals surface area contributed by atoms with Crippen LogP contribution in [0.3, 0.4) is 0 Å². The van der Waals surface area contributed by atoms with E-state index in [2.05, 4.69) is 20.7 Å². The summed E-state index contributed by atoms with van der Waals surface area (Å²) in [5.74, 6) is -4.21. The maximum absolute atomic E-state index is 13.2. The summed E-state index contributed by atoms with van der Waals surface area (Å²) in [7, 11) is 0. The highest BCUT2D eigenvalue weighted by atomic mass is 79.9. The van der Waals surface area contributed by atoms with Crippen LogP contribution in [-0.2, 0) is 9.53 Å². The summed E-state index contributed by atoms with van der Waals surface area (Å²) in [6, 6.07) is 0. The van der Waals surface area contributed by atoms with Gasteiger partial charge in [0.2, 0.25) is 4.58 Å². The van der Waals surface area contributed by atoms with Crippen LogP contribution in [0.2, 0.25) is 0 Å². The number of halogens is 4. The molecule has 84 valence electrons. The number of hydrogen-bond acceptors (Lipinski definition) is 2. The van der Waals surface area contributed by atoms with Crippen molar-refractivity contribution < 1.29 is 22.7 Å². The second-order valence-electron chi connectivity index (χ2n) is 2.90. The summed E-state index contributed by atoms with van der Waals surface area (Å²) in [5.41, 5.74) is 0. The fourth-order valence-electron chi connectivity index (χ4n) is 0.712. The van der Waals surface area contributed by atoms with Gasteiger partial charge >= 0.3 is 5.97 Å². The standard InChI is InChI=1S/C8H12BrF3O2/c1-3-14-6(13)4-5-8(9,12)7(2,10)11/h3-5H2,1-2H3. The molecule has 0 spiro atoms. The number of esters is 1. The topological polar surface area (TPSA) is 26.3 Å². The van der Waals surface area contributed by atoms with Crippen LogP contribution in [-0.4, -0.2) is 23.1 Å². The first-order valence-corrected chi connectivity index (χ1v) is 4.91. The Morgan fingerprint density at radius 1 is 1.43 bits per heavy atom. The van der Waals surface area contributed by atoms with E-state index in [4.69, 9.17) is 0 Å². The van der Waals surface area contributed by atoms with Crippen LogP contribution in [0.25, 0.3) is 0 Å². The van der Waals surface area contributed by atoms with Gasteiger partial charge in [-0.25, -0.2) is 13.2 Å². The van der Waals surface area contributed by atoms with Crippen molar-refractivity contribution in [3.8, 4) is 0 Å². The Morgan fingerprint density at radius 3 is 2.29 bits per heavy atom. The molecule has 0 heterocycles. The minimum absolute atomic E-state index is 0.156. The van der Waals surface area contributed by atoms with Crippen LogP contribution in [0.15, 0.2) is 0 Å². The molecule has 0 aliphatic heterocycles. The van der Waals surface area contributed by atoms with Crippen LogP contribution in [0.1, 0.15) is 26.7 Å². The predicted octanol–water partition coefficient (Wildman–Crippen LogP) is 3.05. The summed E-state index contributed by atoms with van der Waals surface area (Å²) in [4.78, 5) is 10.8. The molecular formula is C8H12BrF3O2. The number of hydrogen-bond donors (Lipinski definition) is 0. The van der Waals surface area contributed by atoms with Crippen LogP contribution in [0, 0.1) is 0 Å². The van der Waals surface area contributed by atoms with Gasteiger partial charge in [0.25, 0.3) is 5.92 Å². The first kappa shape index (κ1) is 13.7. The zero-order chi connectivity index (χ0) is 11.4. The van der Waals surface area contributed by atoms with Crippen molar-refractivity contribution in [3.05, 3.63) is 0 Å². The van der Waals surface area contributed by atoms with Gasteiger partial charge in [-0.2, -0.15) is 0 Å². The molecule has 14 heavy (non-hydrogen) atoms. The molecule has 0 saturated carbocycles. The number of carbonyl (C=O) groups is 1. The summed E-state index contributed by atoms with van der Waals surface area (Å²) in [6.45, 7) is 2.19. The largest absolute Gasteiger partial charge is 0.466 e. The maximum atomic E-state index is 13.2. The Kier molecular flexibility index (Phi) is 4.91. The molecule has 1 unspecified atom stereocenters. The van der Waals surface area contributed by atoms with Gasteiger partial charge in [0, 0.05) is 19.8 Å². The van der Waals surface area contributed by atoms with Gasteiger partial charge < -0.3 is 4.74 Å². The Balaban J connectivity index is 4.06. The Bertz CT molecular complexity index is 201. The molecule has 0 amide bonds. The molecule has 0 aliphatic rings. The zero-order valence-corrected chi connectivity index (χ0v) is 9.54. The lowest BCUT2D eigenvalue weighted by molar-refractivity contribution is -0.144. The van der Waals surface area contributed by atoms with Crippen molar-refractivity contribution >= 4 is 21.9 Å². The molecular weight excluding hydrogens is 265 g/mol. The molecule has 1 atom stereocenters. The highest BCUT2D eigenvalue weighted by Gasteiger charge is 2.48. The maximum Gasteiger partial charge on any atom is 0.305 e. The van der Waals surface area contributed by atoms with Gasteiger partial charge in [-0.3, -0.25) is 4.79 Å². The van der Waals surface area contributed by atoms with E-state index in [1.807, 2.05) is 0 Å². The van der Waals surface area contributed by atoms with E-state index in [1.54, 1.807) is 6.92 Å². The molecule has 0 aromatic heterocycles. The Hall–Kier alpha value is -0.260. The quantitative estimate of drug-likeness (QED) is 0.570. The monoisotopic (exact) mass is 276 g/mol. The SMILES string of the molecule is CCOC(=O)CCC(F)(Br)C(C)(F)F. The average Bonchev–Trinajstić information content (AvgIpc) is 1.99. The highest BCUT2D eigenvalue weighted by molar-refractivity contribution is 9.10. The van der Waals surface area contributed by atoms with E-state index < -0.39 is 22.9 Å². The van der Waals surface area contributed by atoms with E-state index in [1.165, 1.54) is 0 Å². The van der Waals surface area contributed by atoms with Gasteiger partial charge in [-0.1, -0.05) is 0 Å². The molecule has 2 nitrogen and oxygen atoms in total. The van der Waals surface area contributed by atoms with Crippen LogP contribution in [0.5, 0.6) is 0 Å². The van der Waals surface area contributed by atoms with Crippen LogP contribution >= 0.6 is 15.9 Å². The number of alkyl halides is 4. The van der Waals surface area contributed by atoms with Gasteiger partial charge in [-0.15, -0.1) is 0 Å². The summed E-state index contributed by atoms with van der Waals surface area (Å²) < 4.78 is 39.9. The smallest absolute Gasteiger partial charge is 0.305 e. The van der Waals surface area contributed by atoms with Crippen molar-refractivity contribution in [3.63, 3.8) is 0 Å². The second-order valence-corrected chi connectivity index (χ2v) is 4.15. The lowest BCUT2D eigenvalue weighted by atomic mass is 10.1. The van der Waals surface area contributed by atoms with E-state index in [-0.39, 0.29) is 13.0 Å². The number of rotatable bonds is 5. The second kappa shape index (κ2) is 5.00. The molecule has 0 aliphatic carbocycles. The molecule has 0 bridgehead atoms. The van der Waals surface area contributed by atoms with E-state index in [9.17, 15) is 18.0 Å². The number of ether oxygens (including phenoxy) is 1. The van der Waals surface area contributed by atoms with Crippen molar-refractivity contribution in [1.82, 2.24) is 0 Å². The number of carbonyl (C=O) groups excluding carboxylic acids is 1. The Morgan fingerprint density at radius 2 is 1.93 bits per heavy atom. The minimum Gasteiger partial charge on any atom is -0.466 e. The van der Waals surface area contributed by atoms with Crippen molar-refractivity contribution in [2.24, 2.45) is 0 Å². The molecule has 0 saturated heterocycles. The predicted molar refractivity (Wildman–Crippen MR) is 49.3 cm³/mol. The zero-order valence-electron chi connectivity index (χ0n) is 7.95.